The highest BCUT2D eigenvalue weighted by Gasteiger charge is 2.07. The number of anilines is 4. The van der Waals surface area contributed by atoms with Crippen LogP contribution in [0.15, 0.2) is 48.5 Å². The minimum atomic E-state index is 0.477. The quantitative estimate of drug-likeness (QED) is 0.609. The lowest BCUT2D eigenvalue weighted by Gasteiger charge is -2.12. The van der Waals surface area contributed by atoms with Crippen LogP contribution in [0.5, 0.6) is 5.75 Å². The van der Waals surface area contributed by atoms with E-state index in [-0.39, 0.29) is 0 Å². The van der Waals surface area contributed by atoms with Gasteiger partial charge in [0.05, 0.1) is 22.8 Å². The molecule has 0 unspecified atom stereocenters. The summed E-state index contributed by atoms with van der Waals surface area (Å²) in [6, 6.07) is 14.7. The van der Waals surface area contributed by atoms with Crippen LogP contribution < -0.4 is 15.4 Å². The van der Waals surface area contributed by atoms with Gasteiger partial charge < -0.3 is 15.4 Å². The monoisotopic (exact) mass is 374 g/mol. The van der Waals surface area contributed by atoms with Gasteiger partial charge in [-0.25, -0.2) is 9.97 Å². The first kappa shape index (κ1) is 17.3. The molecule has 0 bridgehead atoms. The van der Waals surface area contributed by atoms with Crippen LogP contribution in [0.4, 0.5) is 23.0 Å². The van der Waals surface area contributed by atoms with E-state index in [9.17, 15) is 0 Å². The normalized spacial score (nSPS) is 10.4. The summed E-state index contributed by atoms with van der Waals surface area (Å²) in [5.41, 5.74) is 1.61. The number of hydrogen-bond donors (Lipinski definition) is 2. The predicted octanol–water partition coefficient (Wildman–Crippen LogP) is 5.59. The Balaban J connectivity index is 1.86. The lowest BCUT2D eigenvalue weighted by molar-refractivity contribution is 0.417. The number of hydrogen-bond acceptors (Lipinski definition) is 5. The lowest BCUT2D eigenvalue weighted by Crippen LogP contribution is -2.02. The molecule has 0 radical (unpaired) electrons. The molecule has 0 saturated carbocycles. The van der Waals surface area contributed by atoms with Gasteiger partial charge >= 0.3 is 0 Å². The molecule has 7 heteroatoms. The first-order valence-electron chi connectivity index (χ1n) is 7.53. The molecule has 0 aliphatic heterocycles. The molecule has 2 N–H and O–H groups in total. The van der Waals surface area contributed by atoms with Gasteiger partial charge in [-0.1, -0.05) is 35.3 Å². The fourth-order valence-electron chi connectivity index (χ4n) is 2.30. The van der Waals surface area contributed by atoms with E-state index in [2.05, 4.69) is 20.6 Å². The van der Waals surface area contributed by atoms with Crippen molar-refractivity contribution in [3.8, 4) is 5.75 Å². The molecular weight excluding hydrogens is 359 g/mol. The van der Waals surface area contributed by atoms with Gasteiger partial charge in [-0.15, -0.1) is 0 Å². The third-order valence-electron chi connectivity index (χ3n) is 3.40. The van der Waals surface area contributed by atoms with Gasteiger partial charge in [-0.3, -0.25) is 0 Å². The molecule has 5 nitrogen and oxygen atoms in total. The highest BCUT2D eigenvalue weighted by molar-refractivity contribution is 6.42. The number of benzene rings is 2. The average molecular weight is 375 g/mol. The Labute approximate surface area is 156 Å². The Morgan fingerprint density at radius 2 is 1.60 bits per heavy atom. The smallest absolute Gasteiger partial charge is 0.142 e. The molecule has 1 heterocycles. The van der Waals surface area contributed by atoms with Crippen molar-refractivity contribution < 1.29 is 4.74 Å². The van der Waals surface area contributed by atoms with Crippen molar-refractivity contribution in [3.63, 3.8) is 0 Å². The summed E-state index contributed by atoms with van der Waals surface area (Å²) in [6.07, 6.45) is 0. The van der Waals surface area contributed by atoms with Crippen molar-refractivity contribution in [2.75, 3.05) is 17.7 Å². The molecule has 0 spiro atoms. The van der Waals surface area contributed by atoms with Gasteiger partial charge in [0.1, 0.15) is 23.2 Å². The molecule has 3 aromatic rings. The van der Waals surface area contributed by atoms with Crippen molar-refractivity contribution in [2.24, 2.45) is 0 Å². The van der Waals surface area contributed by atoms with E-state index in [4.69, 9.17) is 27.9 Å². The second-order valence-corrected chi connectivity index (χ2v) is 6.08. The van der Waals surface area contributed by atoms with Gasteiger partial charge in [0.15, 0.2) is 0 Å². The number of aryl methyl sites for hydroxylation is 1. The molecule has 1 aromatic heterocycles. The van der Waals surface area contributed by atoms with Crippen LogP contribution in [0, 0.1) is 6.92 Å². The zero-order valence-corrected chi connectivity index (χ0v) is 15.2. The molecule has 0 amide bonds. The van der Waals surface area contributed by atoms with Crippen molar-refractivity contribution >= 4 is 46.2 Å². The van der Waals surface area contributed by atoms with Crippen LogP contribution in [-0.2, 0) is 0 Å². The van der Waals surface area contributed by atoms with Gasteiger partial charge in [0.25, 0.3) is 0 Å². The standard InChI is InChI=1S/C18H16Cl2N4O/c1-11-21-17(23-12-7-8-13(19)14(20)9-12)10-18(22-11)24-15-5-3-4-6-16(15)25-2/h3-10H,1-2H3,(H2,21,22,23,24). The molecule has 2 aromatic carbocycles. The Kier molecular flexibility index (Phi) is 5.26. The van der Waals surface area contributed by atoms with Gasteiger partial charge in [-0.05, 0) is 37.3 Å². The maximum absolute atomic E-state index is 6.05. The van der Waals surface area contributed by atoms with E-state index in [1.165, 1.54) is 0 Å². The molecule has 0 saturated heterocycles. The van der Waals surface area contributed by atoms with E-state index in [0.29, 0.717) is 27.5 Å². The van der Waals surface area contributed by atoms with E-state index < -0.39 is 0 Å². The van der Waals surface area contributed by atoms with Crippen molar-refractivity contribution in [1.82, 2.24) is 9.97 Å². The molecule has 128 valence electrons. The predicted molar refractivity (Wildman–Crippen MR) is 103 cm³/mol. The fourth-order valence-corrected chi connectivity index (χ4v) is 2.60. The molecule has 0 atom stereocenters. The number of rotatable bonds is 5. The fraction of sp³-hybridized carbons (Fsp3) is 0.111. The van der Waals surface area contributed by atoms with Crippen LogP contribution in [0.3, 0.4) is 0 Å². The Bertz CT molecular complexity index is 902. The van der Waals surface area contributed by atoms with Crippen LogP contribution in [0.1, 0.15) is 5.82 Å². The Morgan fingerprint density at radius 1 is 0.880 bits per heavy atom. The largest absolute Gasteiger partial charge is 0.495 e. The minimum Gasteiger partial charge on any atom is -0.495 e. The van der Waals surface area contributed by atoms with Gasteiger partial charge in [0.2, 0.25) is 0 Å². The zero-order chi connectivity index (χ0) is 17.8. The lowest BCUT2D eigenvalue weighted by atomic mass is 10.3. The van der Waals surface area contributed by atoms with E-state index >= 15 is 0 Å². The second kappa shape index (κ2) is 7.59. The van der Waals surface area contributed by atoms with Crippen molar-refractivity contribution in [1.29, 1.82) is 0 Å². The molecule has 0 aliphatic rings. The molecule has 0 fully saturated rings. The summed E-state index contributed by atoms with van der Waals surface area (Å²) >= 11 is 12.0. The van der Waals surface area contributed by atoms with Gasteiger partial charge in [-0.2, -0.15) is 0 Å². The second-order valence-electron chi connectivity index (χ2n) is 5.26. The number of para-hydroxylation sites is 2. The first-order valence-corrected chi connectivity index (χ1v) is 8.28. The third-order valence-corrected chi connectivity index (χ3v) is 4.14. The molecular formula is C18H16Cl2N4O. The number of aromatic nitrogens is 2. The highest BCUT2D eigenvalue weighted by atomic mass is 35.5. The molecule has 3 rings (SSSR count). The topological polar surface area (TPSA) is 59.1 Å². The summed E-state index contributed by atoms with van der Waals surface area (Å²) in [5.74, 6) is 2.66. The van der Waals surface area contributed by atoms with E-state index in [1.807, 2.05) is 43.3 Å². The zero-order valence-electron chi connectivity index (χ0n) is 13.7. The summed E-state index contributed by atoms with van der Waals surface area (Å²) < 4.78 is 5.35. The number of ether oxygens (including phenoxy) is 1. The number of methoxy groups -OCH3 is 1. The first-order chi connectivity index (χ1) is 12.0. The van der Waals surface area contributed by atoms with E-state index in [1.54, 1.807) is 19.2 Å². The Hall–Kier alpha value is -2.50. The third kappa shape index (κ3) is 4.32. The number of halogens is 2. The van der Waals surface area contributed by atoms with Gasteiger partial charge in [0, 0.05) is 11.8 Å². The molecule has 0 aliphatic carbocycles. The van der Waals surface area contributed by atoms with E-state index in [0.717, 1.165) is 17.1 Å². The van der Waals surface area contributed by atoms with Crippen molar-refractivity contribution in [2.45, 2.75) is 6.92 Å². The van der Waals surface area contributed by atoms with Crippen LogP contribution in [0.25, 0.3) is 0 Å². The van der Waals surface area contributed by atoms with Crippen LogP contribution >= 0.6 is 23.2 Å². The maximum atomic E-state index is 6.05. The summed E-state index contributed by atoms with van der Waals surface area (Å²) in [5, 5.41) is 7.43. The average Bonchev–Trinajstić information content (AvgIpc) is 2.58. The summed E-state index contributed by atoms with van der Waals surface area (Å²) in [6.45, 7) is 1.83. The maximum Gasteiger partial charge on any atom is 0.142 e. The summed E-state index contributed by atoms with van der Waals surface area (Å²) in [4.78, 5) is 8.81. The number of nitrogens with zero attached hydrogens (tertiary/aromatic N) is 2. The molecule has 25 heavy (non-hydrogen) atoms. The van der Waals surface area contributed by atoms with Crippen molar-refractivity contribution in [3.05, 3.63) is 64.4 Å². The van der Waals surface area contributed by atoms with Crippen LogP contribution in [-0.4, -0.2) is 17.1 Å². The number of nitrogens with one attached hydrogen (secondary N) is 2. The SMILES string of the molecule is COc1ccccc1Nc1cc(Nc2ccc(Cl)c(Cl)c2)nc(C)n1. The highest BCUT2D eigenvalue weighted by Crippen LogP contribution is 2.29. The Morgan fingerprint density at radius 3 is 2.32 bits per heavy atom. The summed E-state index contributed by atoms with van der Waals surface area (Å²) in [7, 11) is 1.63. The minimum absolute atomic E-state index is 0.477. The van der Waals surface area contributed by atoms with Crippen LogP contribution in [0.2, 0.25) is 10.0 Å².